The number of hydrogen-bond acceptors (Lipinski definition) is 2. The van der Waals surface area contributed by atoms with Crippen LogP contribution in [0.3, 0.4) is 0 Å². The van der Waals surface area contributed by atoms with Crippen molar-refractivity contribution >= 4 is 21.8 Å². The molecule has 1 aromatic heterocycles. The topological polar surface area (TPSA) is 56.3 Å². The summed E-state index contributed by atoms with van der Waals surface area (Å²) in [7, 11) is 0. The van der Waals surface area contributed by atoms with Gasteiger partial charge in [0.15, 0.2) is 0 Å². The fourth-order valence-corrected chi connectivity index (χ4v) is 2.72. The number of carbonyl (C=O) groups excluding carboxylic acids is 1. The summed E-state index contributed by atoms with van der Waals surface area (Å²) in [5, 5.41) is 8.86. The summed E-state index contributed by atoms with van der Waals surface area (Å²) in [6.07, 6.45) is 5.54. The Balaban J connectivity index is 2.03. The molecular weight excluding hydrogens is 284 g/mol. The van der Waals surface area contributed by atoms with Gasteiger partial charge >= 0.3 is 0 Å². The normalized spacial score (nSPS) is 19.9. The van der Waals surface area contributed by atoms with E-state index in [1.165, 1.54) is 0 Å². The molecule has 0 spiro atoms. The Hall–Kier alpha value is -0.810. The van der Waals surface area contributed by atoms with Gasteiger partial charge in [0, 0.05) is 29.9 Å². The van der Waals surface area contributed by atoms with Crippen LogP contribution in [0.15, 0.2) is 16.7 Å². The lowest BCUT2D eigenvalue weighted by Crippen LogP contribution is -2.35. The molecule has 1 saturated heterocycles. The summed E-state index contributed by atoms with van der Waals surface area (Å²) in [6.45, 7) is 1.03. The van der Waals surface area contributed by atoms with Crippen LogP contribution >= 0.6 is 15.9 Å². The number of H-pyrrole nitrogens is 1. The molecule has 1 aliphatic rings. The summed E-state index contributed by atoms with van der Waals surface area (Å²) in [5.74, 6) is 0.0659. The van der Waals surface area contributed by atoms with Crippen LogP contribution in [0, 0.1) is 0 Å². The monoisotopic (exact) mass is 300 g/mol. The standard InChI is InChI=1S/C12H17BrN2O2/c13-9-7-11(14-8-9)12(17)15-5-1-3-10(15)4-2-6-16/h7-8,10,14,16H,1-6H2. The van der Waals surface area contributed by atoms with Crippen LogP contribution in [0.5, 0.6) is 0 Å². The molecule has 1 aliphatic heterocycles. The Morgan fingerprint density at radius 2 is 2.47 bits per heavy atom. The minimum absolute atomic E-state index is 0.0659. The van der Waals surface area contributed by atoms with E-state index in [4.69, 9.17) is 5.11 Å². The van der Waals surface area contributed by atoms with Crippen LogP contribution in [0.25, 0.3) is 0 Å². The van der Waals surface area contributed by atoms with E-state index in [0.717, 1.165) is 36.7 Å². The third-order valence-electron chi connectivity index (χ3n) is 3.21. The third kappa shape index (κ3) is 2.90. The molecule has 0 aromatic carbocycles. The molecule has 4 nitrogen and oxygen atoms in total. The zero-order valence-electron chi connectivity index (χ0n) is 9.66. The van der Waals surface area contributed by atoms with Crippen LogP contribution in [-0.4, -0.2) is 40.1 Å². The van der Waals surface area contributed by atoms with Gasteiger partial charge in [-0.25, -0.2) is 0 Å². The van der Waals surface area contributed by atoms with Crippen molar-refractivity contribution in [3.63, 3.8) is 0 Å². The van der Waals surface area contributed by atoms with Crippen LogP contribution in [0.4, 0.5) is 0 Å². The highest BCUT2D eigenvalue weighted by Crippen LogP contribution is 2.24. The first-order valence-electron chi connectivity index (χ1n) is 5.98. The molecule has 2 N–H and O–H groups in total. The largest absolute Gasteiger partial charge is 0.396 e. The van der Waals surface area contributed by atoms with Crippen molar-refractivity contribution in [1.29, 1.82) is 0 Å². The van der Waals surface area contributed by atoms with E-state index in [-0.39, 0.29) is 18.6 Å². The SMILES string of the molecule is O=C(c1cc(Br)c[nH]1)N1CCCC1CCCO. The number of rotatable bonds is 4. The maximum absolute atomic E-state index is 12.2. The van der Waals surface area contributed by atoms with Crippen LogP contribution < -0.4 is 0 Å². The van der Waals surface area contributed by atoms with E-state index in [2.05, 4.69) is 20.9 Å². The number of nitrogens with zero attached hydrogens (tertiary/aromatic N) is 1. The first kappa shape index (κ1) is 12.6. The smallest absolute Gasteiger partial charge is 0.270 e. The van der Waals surface area contributed by atoms with Crippen molar-refractivity contribution in [2.75, 3.05) is 13.2 Å². The van der Waals surface area contributed by atoms with Gasteiger partial charge in [-0.2, -0.15) is 0 Å². The molecule has 1 atom stereocenters. The van der Waals surface area contributed by atoms with Crippen molar-refractivity contribution in [2.45, 2.75) is 31.7 Å². The number of aromatic nitrogens is 1. The van der Waals surface area contributed by atoms with Crippen molar-refractivity contribution in [3.8, 4) is 0 Å². The summed E-state index contributed by atoms with van der Waals surface area (Å²) in [5.41, 5.74) is 0.632. The second kappa shape index (κ2) is 5.69. The van der Waals surface area contributed by atoms with E-state index in [1.54, 1.807) is 6.20 Å². The van der Waals surface area contributed by atoms with Crippen molar-refractivity contribution in [2.24, 2.45) is 0 Å². The second-order valence-corrected chi connectivity index (χ2v) is 5.31. The molecule has 2 rings (SSSR count). The zero-order chi connectivity index (χ0) is 12.3. The zero-order valence-corrected chi connectivity index (χ0v) is 11.2. The Kier molecular flexibility index (Phi) is 4.23. The van der Waals surface area contributed by atoms with Crippen LogP contribution in [0.1, 0.15) is 36.2 Å². The van der Waals surface area contributed by atoms with E-state index in [1.807, 2.05) is 11.0 Å². The lowest BCUT2D eigenvalue weighted by molar-refractivity contribution is 0.0719. The fraction of sp³-hybridized carbons (Fsp3) is 0.583. The highest BCUT2D eigenvalue weighted by atomic mass is 79.9. The third-order valence-corrected chi connectivity index (χ3v) is 3.67. The van der Waals surface area contributed by atoms with E-state index in [9.17, 15) is 4.79 Å². The Morgan fingerprint density at radius 3 is 3.12 bits per heavy atom. The highest BCUT2D eigenvalue weighted by molar-refractivity contribution is 9.10. The molecule has 94 valence electrons. The van der Waals surface area contributed by atoms with Gasteiger partial charge in [-0.1, -0.05) is 0 Å². The number of aliphatic hydroxyl groups excluding tert-OH is 1. The number of aliphatic hydroxyl groups is 1. The summed E-state index contributed by atoms with van der Waals surface area (Å²) >= 11 is 3.33. The molecule has 0 radical (unpaired) electrons. The van der Waals surface area contributed by atoms with Crippen LogP contribution in [-0.2, 0) is 0 Å². The van der Waals surface area contributed by atoms with Gasteiger partial charge in [-0.3, -0.25) is 4.79 Å². The first-order valence-corrected chi connectivity index (χ1v) is 6.77. The molecule has 1 amide bonds. The number of halogens is 1. The molecule has 0 aliphatic carbocycles. The summed E-state index contributed by atoms with van der Waals surface area (Å²) in [4.78, 5) is 17.1. The van der Waals surface area contributed by atoms with Gasteiger partial charge in [0.25, 0.3) is 5.91 Å². The summed E-state index contributed by atoms with van der Waals surface area (Å²) < 4.78 is 0.895. The van der Waals surface area contributed by atoms with Gasteiger partial charge < -0.3 is 15.0 Å². The van der Waals surface area contributed by atoms with Gasteiger partial charge in [0.05, 0.1) is 0 Å². The Labute approximate surface area is 109 Å². The van der Waals surface area contributed by atoms with Crippen molar-refractivity contribution in [3.05, 3.63) is 22.4 Å². The van der Waals surface area contributed by atoms with E-state index in [0.29, 0.717) is 5.69 Å². The maximum atomic E-state index is 12.2. The van der Waals surface area contributed by atoms with Gasteiger partial charge in [-0.05, 0) is 47.7 Å². The minimum Gasteiger partial charge on any atom is -0.396 e. The van der Waals surface area contributed by atoms with Gasteiger partial charge in [-0.15, -0.1) is 0 Å². The lowest BCUT2D eigenvalue weighted by Gasteiger charge is -2.24. The van der Waals surface area contributed by atoms with Gasteiger partial charge in [0.1, 0.15) is 5.69 Å². The second-order valence-electron chi connectivity index (χ2n) is 4.39. The Bertz CT molecular complexity index is 392. The lowest BCUT2D eigenvalue weighted by atomic mass is 10.1. The minimum atomic E-state index is 0.0659. The average molecular weight is 301 g/mol. The van der Waals surface area contributed by atoms with E-state index >= 15 is 0 Å². The first-order chi connectivity index (χ1) is 8.22. The van der Waals surface area contributed by atoms with Crippen LogP contribution in [0.2, 0.25) is 0 Å². The number of carbonyl (C=O) groups is 1. The molecular formula is C12H17BrN2O2. The van der Waals surface area contributed by atoms with Crippen molar-refractivity contribution in [1.82, 2.24) is 9.88 Å². The summed E-state index contributed by atoms with van der Waals surface area (Å²) in [6, 6.07) is 2.10. The predicted molar refractivity (Wildman–Crippen MR) is 68.9 cm³/mol. The Morgan fingerprint density at radius 1 is 1.65 bits per heavy atom. The molecule has 1 aromatic rings. The molecule has 1 fully saturated rings. The fourth-order valence-electron chi connectivity index (χ4n) is 2.38. The highest BCUT2D eigenvalue weighted by Gasteiger charge is 2.29. The average Bonchev–Trinajstić information content (AvgIpc) is 2.94. The number of hydrogen-bond donors (Lipinski definition) is 2. The molecule has 2 heterocycles. The molecule has 0 bridgehead atoms. The molecule has 5 heteroatoms. The van der Waals surface area contributed by atoms with Crippen molar-refractivity contribution < 1.29 is 9.90 Å². The molecule has 0 saturated carbocycles. The molecule has 17 heavy (non-hydrogen) atoms. The number of nitrogens with one attached hydrogen (secondary N) is 1. The number of likely N-dealkylation sites (tertiary alicyclic amines) is 1. The number of aromatic amines is 1. The predicted octanol–water partition coefficient (Wildman–Crippen LogP) is 2.15. The van der Waals surface area contributed by atoms with Gasteiger partial charge in [0.2, 0.25) is 0 Å². The molecule has 1 unspecified atom stereocenters. The number of amides is 1. The quantitative estimate of drug-likeness (QED) is 0.895. The maximum Gasteiger partial charge on any atom is 0.270 e. The van der Waals surface area contributed by atoms with E-state index < -0.39 is 0 Å².